The Kier molecular flexibility index (Phi) is 7.50. The van der Waals surface area contributed by atoms with E-state index >= 15 is 0 Å². The number of hydrogen-bond acceptors (Lipinski definition) is 2. The third kappa shape index (κ3) is 4.67. The second-order valence-corrected chi connectivity index (χ2v) is 12.7. The van der Waals surface area contributed by atoms with Crippen LogP contribution in [0.1, 0.15) is 99.8 Å². The molecule has 0 aromatic heterocycles. The molecule has 2 nitrogen and oxygen atoms in total. The summed E-state index contributed by atoms with van der Waals surface area (Å²) in [7, 11) is 0. The molecule has 0 spiro atoms. The van der Waals surface area contributed by atoms with Crippen LogP contribution in [0.25, 0.3) is 0 Å². The first kappa shape index (κ1) is 27.0. The number of rotatable bonds is 7. The lowest BCUT2D eigenvalue weighted by molar-refractivity contribution is -0.256. The van der Waals surface area contributed by atoms with Gasteiger partial charge < -0.3 is 10.2 Å². The molecular weight excluding hydrogens is 425 g/mol. The van der Waals surface area contributed by atoms with Crippen molar-refractivity contribution in [3.8, 4) is 0 Å². The number of aliphatic hydroxyl groups excluding tert-OH is 1. The van der Waals surface area contributed by atoms with Gasteiger partial charge in [-0.2, -0.15) is 13.2 Å². The standard InChI is InChI=1S/C28H47F3O2/c1-8-25(5)20(16-19(4)32)15-18(3)24-22-10-9-21(26(22,6)13-12-23(24)25)17(2)11-14-27(7,33)28(29,30)31/h15,17-19,21-24,32-33H,8-14,16H2,1-7H3/t17-,18-,19?,21-,22+,23+,24+,25+,26-,27+/m1/s1. The molecule has 1 unspecified atom stereocenters. The fourth-order valence-electron chi connectivity index (χ4n) is 8.46. The van der Waals surface area contributed by atoms with Crippen LogP contribution in [0.15, 0.2) is 11.6 Å². The van der Waals surface area contributed by atoms with Gasteiger partial charge >= 0.3 is 6.18 Å². The second-order valence-electron chi connectivity index (χ2n) is 12.7. The molecule has 0 bridgehead atoms. The van der Waals surface area contributed by atoms with Gasteiger partial charge in [-0.1, -0.05) is 46.3 Å². The molecule has 0 aliphatic heterocycles. The average molecular weight is 473 g/mol. The number of fused-ring (bicyclic) bond motifs is 3. The van der Waals surface area contributed by atoms with Gasteiger partial charge in [0.1, 0.15) is 0 Å². The van der Waals surface area contributed by atoms with Gasteiger partial charge in [-0.25, -0.2) is 0 Å². The maximum absolute atomic E-state index is 13.2. The van der Waals surface area contributed by atoms with Gasteiger partial charge in [-0.3, -0.25) is 0 Å². The van der Waals surface area contributed by atoms with Crippen LogP contribution in [-0.4, -0.2) is 28.1 Å². The Balaban J connectivity index is 1.81. The molecule has 0 radical (unpaired) electrons. The van der Waals surface area contributed by atoms with Crippen LogP contribution in [-0.2, 0) is 0 Å². The summed E-state index contributed by atoms with van der Waals surface area (Å²) in [5.41, 5.74) is -0.910. The van der Waals surface area contributed by atoms with Crippen molar-refractivity contribution in [1.82, 2.24) is 0 Å². The van der Waals surface area contributed by atoms with Crippen molar-refractivity contribution >= 4 is 0 Å². The van der Waals surface area contributed by atoms with E-state index in [0.29, 0.717) is 36.0 Å². The van der Waals surface area contributed by atoms with E-state index in [0.717, 1.165) is 45.4 Å². The average Bonchev–Trinajstić information content (AvgIpc) is 3.05. The lowest BCUT2D eigenvalue weighted by Gasteiger charge is -2.59. The summed E-state index contributed by atoms with van der Waals surface area (Å²) in [5, 5.41) is 20.1. The van der Waals surface area contributed by atoms with Crippen molar-refractivity contribution in [3.05, 3.63) is 11.6 Å². The van der Waals surface area contributed by atoms with E-state index in [4.69, 9.17) is 0 Å². The minimum absolute atomic E-state index is 0.116. The molecule has 3 rings (SSSR count). The zero-order chi connectivity index (χ0) is 25.0. The molecule has 3 aliphatic carbocycles. The maximum Gasteiger partial charge on any atom is 0.416 e. The maximum atomic E-state index is 13.2. The molecule has 0 amide bonds. The third-order valence-corrected chi connectivity index (χ3v) is 10.7. The van der Waals surface area contributed by atoms with Gasteiger partial charge in [0, 0.05) is 0 Å². The predicted octanol–water partition coefficient (Wildman–Crippen LogP) is 7.54. The Morgan fingerprint density at radius 3 is 2.30 bits per heavy atom. The second kappa shape index (κ2) is 9.15. The molecule has 192 valence electrons. The lowest BCUT2D eigenvalue weighted by atomic mass is 9.46. The number of alkyl halides is 3. The largest absolute Gasteiger partial charge is 0.416 e. The molecular formula is C28H47F3O2. The van der Waals surface area contributed by atoms with Crippen molar-refractivity contribution in [2.24, 2.45) is 46.3 Å². The van der Waals surface area contributed by atoms with Gasteiger partial charge in [-0.15, -0.1) is 0 Å². The van der Waals surface area contributed by atoms with Crippen LogP contribution in [0.3, 0.4) is 0 Å². The Labute approximate surface area is 199 Å². The Hall–Kier alpha value is -0.550. The van der Waals surface area contributed by atoms with Crippen LogP contribution in [0.2, 0.25) is 0 Å². The van der Waals surface area contributed by atoms with Crippen LogP contribution >= 0.6 is 0 Å². The number of hydrogen-bond donors (Lipinski definition) is 2. The first-order valence-corrected chi connectivity index (χ1v) is 13.3. The van der Waals surface area contributed by atoms with Gasteiger partial charge in [0.25, 0.3) is 0 Å². The lowest BCUT2D eigenvalue weighted by Crippen LogP contribution is -2.52. The van der Waals surface area contributed by atoms with Crippen LogP contribution in [0.5, 0.6) is 0 Å². The van der Waals surface area contributed by atoms with E-state index in [1.165, 1.54) is 5.57 Å². The molecule has 0 heterocycles. The van der Waals surface area contributed by atoms with Gasteiger partial charge in [0.2, 0.25) is 0 Å². The summed E-state index contributed by atoms with van der Waals surface area (Å²) in [6.07, 6.45) is 4.10. The molecule has 0 aromatic carbocycles. The van der Waals surface area contributed by atoms with E-state index in [1.807, 2.05) is 6.92 Å². The van der Waals surface area contributed by atoms with Crippen LogP contribution < -0.4 is 0 Å². The summed E-state index contributed by atoms with van der Waals surface area (Å²) >= 11 is 0. The number of allylic oxidation sites excluding steroid dienone is 1. The molecule has 2 fully saturated rings. The minimum atomic E-state index is -4.58. The molecule has 0 aromatic rings. The highest BCUT2D eigenvalue weighted by Crippen LogP contribution is 2.67. The van der Waals surface area contributed by atoms with Gasteiger partial charge in [0.15, 0.2) is 5.60 Å². The van der Waals surface area contributed by atoms with Crippen molar-refractivity contribution in [2.75, 3.05) is 0 Å². The van der Waals surface area contributed by atoms with Crippen molar-refractivity contribution < 1.29 is 23.4 Å². The summed E-state index contributed by atoms with van der Waals surface area (Å²) in [4.78, 5) is 0. The topological polar surface area (TPSA) is 40.5 Å². The van der Waals surface area contributed by atoms with Crippen LogP contribution in [0.4, 0.5) is 13.2 Å². The molecule has 33 heavy (non-hydrogen) atoms. The van der Waals surface area contributed by atoms with E-state index in [2.05, 4.69) is 40.7 Å². The fraction of sp³-hybridized carbons (Fsp3) is 0.929. The highest BCUT2D eigenvalue weighted by Gasteiger charge is 2.60. The number of halogens is 3. The van der Waals surface area contributed by atoms with E-state index in [-0.39, 0.29) is 29.3 Å². The molecule has 10 atom stereocenters. The first-order chi connectivity index (χ1) is 15.1. The Morgan fingerprint density at radius 2 is 1.76 bits per heavy atom. The smallest absolute Gasteiger partial charge is 0.393 e. The highest BCUT2D eigenvalue weighted by atomic mass is 19.4. The Bertz CT molecular complexity index is 727. The van der Waals surface area contributed by atoms with E-state index in [9.17, 15) is 23.4 Å². The molecule has 3 aliphatic rings. The molecule has 5 heteroatoms. The summed E-state index contributed by atoms with van der Waals surface area (Å²) < 4.78 is 39.5. The molecule has 2 saturated carbocycles. The summed E-state index contributed by atoms with van der Waals surface area (Å²) in [5.74, 6) is 2.85. The normalized spacial score (nSPS) is 42.7. The SMILES string of the molecule is CC[C@@]1(C)C(CC(C)O)=C[C@@H](C)[C@H]2[C@@H]3CC[C@H]([C@H](C)CC[C@](C)(O)C(F)(F)F)[C@@]3(C)CC[C@@H]21. The zero-order valence-electron chi connectivity index (χ0n) is 21.8. The van der Waals surface area contributed by atoms with Gasteiger partial charge in [0.05, 0.1) is 6.10 Å². The highest BCUT2D eigenvalue weighted by molar-refractivity contribution is 5.25. The minimum Gasteiger partial charge on any atom is -0.393 e. The van der Waals surface area contributed by atoms with Crippen molar-refractivity contribution in [3.63, 3.8) is 0 Å². The van der Waals surface area contributed by atoms with E-state index in [1.54, 1.807) is 0 Å². The summed E-state index contributed by atoms with van der Waals surface area (Å²) in [6.45, 7) is 14.3. The predicted molar refractivity (Wildman–Crippen MR) is 128 cm³/mol. The fourth-order valence-corrected chi connectivity index (χ4v) is 8.46. The first-order valence-electron chi connectivity index (χ1n) is 13.3. The third-order valence-electron chi connectivity index (χ3n) is 10.7. The van der Waals surface area contributed by atoms with Gasteiger partial charge in [-0.05, 0) is 112 Å². The van der Waals surface area contributed by atoms with Crippen molar-refractivity contribution in [1.29, 1.82) is 0 Å². The number of aliphatic hydroxyl groups is 2. The quantitative estimate of drug-likeness (QED) is 0.376. The monoisotopic (exact) mass is 472 g/mol. The molecule has 0 saturated heterocycles. The van der Waals surface area contributed by atoms with Crippen molar-refractivity contribution in [2.45, 2.75) is 118 Å². The zero-order valence-corrected chi connectivity index (χ0v) is 21.8. The van der Waals surface area contributed by atoms with E-state index < -0.39 is 11.8 Å². The Morgan fingerprint density at radius 1 is 1.12 bits per heavy atom. The summed E-state index contributed by atoms with van der Waals surface area (Å²) in [6, 6.07) is 0. The molecule has 2 N–H and O–H groups in total. The van der Waals surface area contributed by atoms with Crippen LogP contribution in [0, 0.1) is 46.3 Å².